The Hall–Kier alpha value is -1.77. The quantitative estimate of drug-likeness (QED) is 0.0909. The van der Waals surface area contributed by atoms with E-state index in [1.165, 1.54) is 6.92 Å². The van der Waals surface area contributed by atoms with E-state index in [0.717, 1.165) is 11.1 Å². The highest BCUT2D eigenvalue weighted by atomic mass is 16.8. The van der Waals surface area contributed by atoms with E-state index in [4.69, 9.17) is 47.4 Å². The highest BCUT2D eigenvalue weighted by molar-refractivity contribution is 6.04. The molecule has 6 heterocycles. The summed E-state index contributed by atoms with van der Waals surface area (Å²) in [4.78, 5) is 14.7. The van der Waals surface area contributed by atoms with Crippen LogP contribution in [-0.2, 0) is 52.2 Å². The molecule has 24 nitrogen and oxygen atoms in total. The summed E-state index contributed by atoms with van der Waals surface area (Å²) < 4.78 is 61.0. The zero-order valence-corrected chi connectivity index (χ0v) is 39.6. The average Bonchev–Trinajstić information content (AvgIpc) is 3.94. The van der Waals surface area contributed by atoms with Crippen LogP contribution in [0.2, 0.25) is 0 Å². The third-order valence-electron chi connectivity index (χ3n) is 17.6. The number of aliphatic hydroxyl groups excluding tert-OH is 12. The van der Waals surface area contributed by atoms with E-state index >= 15 is 0 Å². The highest BCUT2D eigenvalue weighted by Crippen LogP contribution is 2.64. The van der Waals surface area contributed by atoms with Gasteiger partial charge in [-0.3, -0.25) is 4.79 Å². The molecule has 10 aliphatic rings. The third-order valence-corrected chi connectivity index (χ3v) is 17.6. The van der Waals surface area contributed by atoms with Crippen molar-refractivity contribution < 1.29 is 119 Å². The van der Waals surface area contributed by atoms with Gasteiger partial charge in [-0.1, -0.05) is 31.1 Å². The third kappa shape index (κ3) is 8.45. The molecular formula is C47H70O24. The molecule has 1 saturated carbocycles. The maximum atomic E-state index is 14.7. The summed E-state index contributed by atoms with van der Waals surface area (Å²) in [5, 5.41) is 142. The molecule has 0 radical (unpaired) electrons. The molecule has 0 aromatic carbocycles. The van der Waals surface area contributed by atoms with Crippen molar-refractivity contribution in [2.24, 2.45) is 35.0 Å². The van der Waals surface area contributed by atoms with Crippen molar-refractivity contribution >= 4 is 5.78 Å². The molecule has 0 amide bonds. The van der Waals surface area contributed by atoms with E-state index in [1.54, 1.807) is 6.92 Å². The van der Waals surface area contributed by atoms with Crippen LogP contribution in [0.4, 0.5) is 0 Å². The van der Waals surface area contributed by atoms with Crippen LogP contribution in [0.15, 0.2) is 22.8 Å². The summed E-state index contributed by atoms with van der Waals surface area (Å²) in [6.45, 7) is 2.37. The predicted octanol–water partition coefficient (Wildman–Crippen LogP) is -5.30. The van der Waals surface area contributed by atoms with Gasteiger partial charge >= 0.3 is 0 Å². The Kier molecular flexibility index (Phi) is 14.6. The van der Waals surface area contributed by atoms with Crippen LogP contribution in [0.1, 0.15) is 52.9 Å². The number of rotatable bonds is 10. The Labute approximate surface area is 408 Å². The maximum Gasteiger partial charge on any atom is 0.203 e. The summed E-state index contributed by atoms with van der Waals surface area (Å²) in [6.07, 6.45) is -26.3. The second kappa shape index (κ2) is 19.7. The maximum absolute atomic E-state index is 14.7. The van der Waals surface area contributed by atoms with Gasteiger partial charge in [0.1, 0.15) is 78.8 Å². The van der Waals surface area contributed by atoms with E-state index < -0.39 is 190 Å². The molecule has 0 aromatic rings. The summed E-state index contributed by atoms with van der Waals surface area (Å²) >= 11 is 0. The molecule has 4 aliphatic carbocycles. The first-order valence-corrected chi connectivity index (χ1v) is 24.8. The van der Waals surface area contributed by atoms with Crippen molar-refractivity contribution in [2.45, 2.75) is 187 Å². The van der Waals surface area contributed by atoms with E-state index in [-0.39, 0.29) is 30.6 Å². The van der Waals surface area contributed by atoms with E-state index in [2.05, 4.69) is 0 Å². The Morgan fingerprint density at radius 3 is 2.17 bits per heavy atom. The van der Waals surface area contributed by atoms with Gasteiger partial charge in [0.05, 0.1) is 64.1 Å². The number of Topliss-reactive ketones (excluding diaryl/α,β-unsaturated/α-hetero) is 1. The van der Waals surface area contributed by atoms with Gasteiger partial charge in [-0.2, -0.15) is 0 Å². The lowest BCUT2D eigenvalue weighted by molar-refractivity contribution is -0.387. The fraction of sp³-hybridized carbons (Fsp3) is 0.894. The monoisotopic (exact) mass is 1020 g/mol. The lowest BCUT2D eigenvalue weighted by atomic mass is 9.51. The Balaban J connectivity index is 0.948. The predicted molar refractivity (Wildman–Crippen MR) is 230 cm³/mol. The van der Waals surface area contributed by atoms with Gasteiger partial charge in [0, 0.05) is 35.2 Å². The van der Waals surface area contributed by atoms with Crippen molar-refractivity contribution in [3.8, 4) is 0 Å². The van der Waals surface area contributed by atoms with Gasteiger partial charge in [0.15, 0.2) is 30.9 Å². The van der Waals surface area contributed by atoms with Gasteiger partial charge in [-0.15, -0.1) is 0 Å². The summed E-state index contributed by atoms with van der Waals surface area (Å²) in [7, 11) is 0. The van der Waals surface area contributed by atoms with E-state index in [0.29, 0.717) is 31.3 Å². The zero-order chi connectivity index (χ0) is 50.8. The molecule has 28 atom stereocenters. The molecule has 1 spiro atoms. The minimum atomic E-state index is -2.11. The minimum Gasteiger partial charge on any atom is -0.396 e. The van der Waals surface area contributed by atoms with Gasteiger partial charge in [0.2, 0.25) is 5.79 Å². The standard InChI is InChI=1S/C47H70O24/c1-16-11-65-47(39(59)29(16)53)23(10-48)28-21-6-7-22-20(27(21)32(56)36(28)71-47)5-4-18-8-19(50)9-26(45(18,22)3)67-43-38(35(25(52)13-63-43)68-41-33(57)31(55)24(51)12-62-41)70-42-34(58)37(30(54)17(2)66-42)69-44-40(60)46(61,14-49)15-64-44/h4,16-17,19-20,22-26,28-31,33-44,48-55,57-61H,5-15H2,1-3H3/t16-,17-,19+,20+,22-,23-,24+,25-,26+,28-,29?,30-,31-,33+,34+,35-,36+,37+,38+,39?,40-,41-,42-,43-,44-,45-,46+,47-/m0/s1. The lowest BCUT2D eigenvalue weighted by Crippen LogP contribution is -2.65. The first kappa shape index (κ1) is 52.7. The largest absolute Gasteiger partial charge is 0.396 e. The molecule has 13 N–H and O–H groups in total. The van der Waals surface area contributed by atoms with Crippen LogP contribution < -0.4 is 0 Å². The molecular weight excluding hydrogens is 948 g/mol. The summed E-state index contributed by atoms with van der Waals surface area (Å²) in [5.74, 6) is -4.60. The molecule has 6 aliphatic heterocycles. The molecule has 402 valence electrons. The second-order valence-corrected chi connectivity index (χ2v) is 21.7. The topological polar surface area (TPSA) is 372 Å². The van der Waals surface area contributed by atoms with Crippen molar-refractivity contribution in [2.75, 3.05) is 39.6 Å². The number of hydrogen-bond donors (Lipinski definition) is 13. The first-order chi connectivity index (χ1) is 33.7. The van der Waals surface area contributed by atoms with E-state index in [9.17, 15) is 71.2 Å². The van der Waals surface area contributed by atoms with Crippen LogP contribution in [-0.4, -0.2) is 246 Å². The van der Waals surface area contributed by atoms with Crippen molar-refractivity contribution in [3.05, 3.63) is 22.8 Å². The Morgan fingerprint density at radius 2 is 1.45 bits per heavy atom. The molecule has 6 saturated heterocycles. The van der Waals surface area contributed by atoms with Crippen molar-refractivity contribution in [1.82, 2.24) is 0 Å². The summed E-state index contributed by atoms with van der Waals surface area (Å²) in [5.41, 5.74) is -0.758. The van der Waals surface area contributed by atoms with Crippen LogP contribution in [0, 0.1) is 35.0 Å². The van der Waals surface area contributed by atoms with Crippen molar-refractivity contribution in [1.29, 1.82) is 0 Å². The van der Waals surface area contributed by atoms with E-state index in [1.807, 2.05) is 13.0 Å². The SMILES string of the molecule is C[C@@H]1O[C@@H](O[C@H]2[C@H](O[C@@H]3C[C@H](O)CC4=CC[C@H]5C6=C(CC[C@@H]5[C@]43C)[C@@H]3[C@@H](O[C@@]4(OC[C@H](C)C(O)C4O)[C@H]3CO)C6=O)OC[C@H](O)[C@@H]2O[C@@H]2OC[C@@H](O)[C@H](O)[C@H]2O)[C@H](O)[C@H](O[C@@H]2OC[C@](O)(CO)[C@H]2O)[C@H]1O. The van der Waals surface area contributed by atoms with Crippen LogP contribution in [0.3, 0.4) is 0 Å². The Morgan fingerprint density at radius 1 is 0.746 bits per heavy atom. The summed E-state index contributed by atoms with van der Waals surface area (Å²) in [6, 6.07) is 0. The molecule has 7 fully saturated rings. The number of allylic oxidation sites excluding steroid dienone is 1. The number of carbonyl (C=O) groups excluding carboxylic acids is 1. The Bertz CT molecular complexity index is 2030. The number of hydrogen-bond acceptors (Lipinski definition) is 24. The molecule has 2 unspecified atom stereocenters. The van der Waals surface area contributed by atoms with Crippen LogP contribution in [0.5, 0.6) is 0 Å². The smallest absolute Gasteiger partial charge is 0.203 e. The van der Waals surface area contributed by atoms with Gasteiger partial charge in [-0.25, -0.2) is 0 Å². The number of ketones is 1. The average molecular weight is 1020 g/mol. The fourth-order valence-corrected chi connectivity index (χ4v) is 13.4. The van der Waals surface area contributed by atoms with Gasteiger partial charge in [-0.05, 0) is 44.4 Å². The zero-order valence-electron chi connectivity index (χ0n) is 39.6. The normalized spacial score (nSPS) is 55.2. The highest BCUT2D eigenvalue weighted by Gasteiger charge is 2.69. The molecule has 0 bridgehead atoms. The van der Waals surface area contributed by atoms with Crippen LogP contribution in [0.25, 0.3) is 0 Å². The first-order valence-electron chi connectivity index (χ1n) is 24.8. The number of aliphatic hydroxyl groups is 13. The molecule has 24 heteroatoms. The number of carbonyl (C=O) groups is 1. The van der Waals surface area contributed by atoms with Gasteiger partial charge < -0.3 is 114 Å². The van der Waals surface area contributed by atoms with Crippen LogP contribution >= 0.6 is 0 Å². The fourth-order valence-electron chi connectivity index (χ4n) is 13.4. The van der Waals surface area contributed by atoms with Gasteiger partial charge in [0.25, 0.3) is 0 Å². The number of fused-ring (bicyclic) bond motifs is 6. The number of ether oxygens (including phenoxy) is 10. The lowest BCUT2D eigenvalue weighted by Gasteiger charge is -2.57. The molecule has 0 aromatic heterocycles. The molecule has 71 heavy (non-hydrogen) atoms. The second-order valence-electron chi connectivity index (χ2n) is 21.7. The minimum absolute atomic E-state index is 0.0501. The van der Waals surface area contributed by atoms with Crippen molar-refractivity contribution in [3.63, 3.8) is 0 Å². The molecule has 10 rings (SSSR count).